The van der Waals surface area contributed by atoms with Crippen LogP contribution in [0.3, 0.4) is 0 Å². The Morgan fingerprint density at radius 3 is 2.48 bits per heavy atom. The Hall–Kier alpha value is -3.66. The fourth-order valence-electron chi connectivity index (χ4n) is 6.09. The molecular weight excluding hydrogens is 564 g/mol. The number of benzene rings is 1. The summed E-state index contributed by atoms with van der Waals surface area (Å²) in [5, 5.41) is 9.75. The van der Waals surface area contributed by atoms with Gasteiger partial charge in [0.2, 0.25) is 5.91 Å². The van der Waals surface area contributed by atoms with Crippen molar-refractivity contribution >= 4 is 29.4 Å². The van der Waals surface area contributed by atoms with Gasteiger partial charge in [-0.2, -0.15) is 0 Å². The van der Waals surface area contributed by atoms with Crippen molar-refractivity contribution < 1.29 is 38.4 Å². The Kier molecular flexibility index (Phi) is 8.20. The molecule has 0 aromatic heterocycles. The molecule has 0 spiro atoms. The largest absolute Gasteiger partial charge is 0.498 e. The first-order chi connectivity index (χ1) is 20.0. The molecule has 1 aliphatic carbocycles. The zero-order valence-electron chi connectivity index (χ0n) is 24.5. The van der Waals surface area contributed by atoms with E-state index >= 15 is 0 Å². The average molecular weight is 601 g/mol. The van der Waals surface area contributed by atoms with Gasteiger partial charge in [0, 0.05) is 18.7 Å². The number of carboxylic acid groups (broad SMARTS) is 1. The van der Waals surface area contributed by atoms with Crippen molar-refractivity contribution in [1.82, 2.24) is 9.80 Å². The number of methoxy groups -OCH3 is 2. The SMILES string of the molecule is COc1cccc([C@@H]2C=C(Cl)C3=COC[C@@H](C(C)(C)C)N4C(=O)[C@@H](CC(=O)N5CCC(C(=O)O)CC5)OC2=C34)c1OC. The van der Waals surface area contributed by atoms with Crippen LogP contribution in [0, 0.1) is 11.3 Å². The van der Waals surface area contributed by atoms with Gasteiger partial charge in [0.1, 0.15) is 12.4 Å². The minimum absolute atomic E-state index is 0.181. The van der Waals surface area contributed by atoms with E-state index < -0.39 is 29.3 Å². The Morgan fingerprint density at radius 2 is 1.86 bits per heavy atom. The van der Waals surface area contributed by atoms with E-state index in [0.29, 0.717) is 59.5 Å². The van der Waals surface area contributed by atoms with E-state index in [0.717, 1.165) is 5.56 Å². The number of halogens is 1. The van der Waals surface area contributed by atoms with Crippen LogP contribution in [0.15, 0.2) is 52.6 Å². The maximum atomic E-state index is 14.3. The summed E-state index contributed by atoms with van der Waals surface area (Å²) in [6.45, 7) is 6.97. The highest BCUT2D eigenvalue weighted by Gasteiger charge is 2.50. The first-order valence-electron chi connectivity index (χ1n) is 14.1. The lowest BCUT2D eigenvalue weighted by atomic mass is 9.82. The second-order valence-electron chi connectivity index (χ2n) is 12.0. The van der Waals surface area contributed by atoms with Crippen molar-refractivity contribution in [3.63, 3.8) is 0 Å². The maximum Gasteiger partial charge on any atom is 0.306 e. The molecule has 0 radical (unpaired) electrons. The third-order valence-electron chi connectivity index (χ3n) is 8.46. The van der Waals surface area contributed by atoms with E-state index in [1.807, 2.05) is 39.0 Å². The van der Waals surface area contributed by atoms with Gasteiger partial charge in [0.05, 0.1) is 61.1 Å². The van der Waals surface area contributed by atoms with Gasteiger partial charge in [-0.1, -0.05) is 44.5 Å². The second-order valence-corrected chi connectivity index (χ2v) is 12.5. The smallest absolute Gasteiger partial charge is 0.306 e. The molecule has 3 atom stereocenters. The van der Waals surface area contributed by atoms with E-state index in [-0.39, 0.29) is 30.9 Å². The molecule has 0 saturated carbocycles. The number of amides is 2. The number of rotatable bonds is 6. The quantitative estimate of drug-likeness (QED) is 0.511. The summed E-state index contributed by atoms with van der Waals surface area (Å²) in [6.07, 6.45) is 2.87. The van der Waals surface area contributed by atoms with Crippen molar-refractivity contribution in [3.8, 4) is 11.5 Å². The van der Waals surface area contributed by atoms with Crippen molar-refractivity contribution in [2.24, 2.45) is 11.3 Å². The standard InChI is InChI=1S/C31H37ClN2O8/c1-31(2,3)24-16-41-15-20-21(32)13-19(18-7-6-8-22(39-4)27(18)40-5)28-26(20)34(24)29(36)23(42-28)14-25(35)33-11-9-17(10-12-33)30(37)38/h6-8,13,15,17,19,23-24H,9-12,14,16H2,1-5H3,(H,37,38)/t19-,23+,24-/m0/s1. The topological polar surface area (TPSA) is 115 Å². The summed E-state index contributed by atoms with van der Waals surface area (Å²) in [7, 11) is 3.11. The number of ether oxygens (including phenoxy) is 4. The van der Waals surface area contributed by atoms with E-state index in [1.54, 1.807) is 36.3 Å². The Morgan fingerprint density at radius 1 is 1.14 bits per heavy atom. The van der Waals surface area contributed by atoms with Gasteiger partial charge < -0.3 is 29.0 Å². The molecule has 226 valence electrons. The van der Waals surface area contributed by atoms with Crippen LogP contribution in [0.25, 0.3) is 0 Å². The highest BCUT2D eigenvalue weighted by molar-refractivity contribution is 6.32. The molecule has 1 aromatic rings. The number of hydrogen-bond donors (Lipinski definition) is 1. The number of para-hydroxylation sites is 1. The predicted molar refractivity (Wildman–Crippen MR) is 154 cm³/mol. The van der Waals surface area contributed by atoms with Crippen LogP contribution in [-0.2, 0) is 23.9 Å². The predicted octanol–water partition coefficient (Wildman–Crippen LogP) is 4.40. The van der Waals surface area contributed by atoms with E-state index in [4.69, 9.17) is 30.5 Å². The first kappa shape index (κ1) is 29.8. The van der Waals surface area contributed by atoms with Gasteiger partial charge in [0.25, 0.3) is 5.91 Å². The third-order valence-corrected chi connectivity index (χ3v) is 8.79. The van der Waals surface area contributed by atoms with Crippen molar-refractivity contribution in [1.29, 1.82) is 0 Å². The first-order valence-corrected chi connectivity index (χ1v) is 14.5. The summed E-state index contributed by atoms with van der Waals surface area (Å²) in [5.41, 5.74) is 1.39. The zero-order chi connectivity index (χ0) is 30.3. The lowest BCUT2D eigenvalue weighted by molar-refractivity contribution is -0.154. The van der Waals surface area contributed by atoms with Crippen LogP contribution in [0.5, 0.6) is 11.5 Å². The summed E-state index contributed by atoms with van der Waals surface area (Å²) in [6, 6.07) is 5.14. The second kappa shape index (κ2) is 11.6. The number of likely N-dealkylation sites (tertiary alicyclic amines) is 1. The third kappa shape index (κ3) is 5.32. The van der Waals surface area contributed by atoms with Gasteiger partial charge in [0.15, 0.2) is 17.6 Å². The van der Waals surface area contributed by atoms with Gasteiger partial charge in [-0.25, -0.2) is 0 Å². The molecule has 1 saturated heterocycles. The number of piperidine rings is 1. The van der Waals surface area contributed by atoms with Crippen LogP contribution in [0.1, 0.15) is 51.5 Å². The molecule has 1 fully saturated rings. The number of hydrogen-bond acceptors (Lipinski definition) is 7. The van der Waals surface area contributed by atoms with Crippen molar-refractivity contribution in [2.45, 2.75) is 58.1 Å². The van der Waals surface area contributed by atoms with Crippen LogP contribution in [-0.4, -0.2) is 78.8 Å². The molecule has 1 N–H and O–H groups in total. The van der Waals surface area contributed by atoms with Crippen molar-refractivity contribution in [2.75, 3.05) is 33.9 Å². The lowest BCUT2D eigenvalue weighted by Gasteiger charge is -2.46. The number of carbonyl (C=O) groups excluding carboxylic acids is 2. The zero-order valence-corrected chi connectivity index (χ0v) is 25.3. The minimum Gasteiger partial charge on any atom is -0.498 e. The number of aliphatic carboxylic acids is 1. The summed E-state index contributed by atoms with van der Waals surface area (Å²) < 4.78 is 23.8. The molecule has 42 heavy (non-hydrogen) atoms. The number of carbonyl (C=O) groups is 3. The van der Waals surface area contributed by atoms with E-state index in [2.05, 4.69) is 0 Å². The normalized spacial score (nSPS) is 24.5. The average Bonchev–Trinajstić information content (AvgIpc) is 3.18. The van der Waals surface area contributed by atoms with Gasteiger partial charge in [-0.3, -0.25) is 19.3 Å². The minimum atomic E-state index is -1.10. The fraction of sp³-hybridized carbons (Fsp3) is 0.516. The molecular formula is C31H37ClN2O8. The van der Waals surface area contributed by atoms with Gasteiger partial charge in [-0.15, -0.1) is 0 Å². The Bertz CT molecular complexity index is 1370. The molecule has 11 heteroatoms. The van der Waals surface area contributed by atoms with Crippen LogP contribution >= 0.6 is 11.6 Å². The summed E-state index contributed by atoms with van der Waals surface area (Å²) in [5.74, 6) is -0.964. The molecule has 3 heterocycles. The van der Waals surface area contributed by atoms with E-state index in [1.165, 1.54) is 0 Å². The molecule has 0 bridgehead atoms. The Labute approximate surface area is 250 Å². The molecule has 10 nitrogen and oxygen atoms in total. The molecule has 5 rings (SSSR count). The summed E-state index contributed by atoms with van der Waals surface area (Å²) in [4.78, 5) is 42.5. The highest BCUT2D eigenvalue weighted by Crippen LogP contribution is 2.51. The number of allylic oxidation sites excluding steroid dienone is 2. The molecule has 3 aliphatic heterocycles. The van der Waals surface area contributed by atoms with Gasteiger partial charge in [-0.05, 0) is 30.4 Å². The Balaban J connectivity index is 1.57. The van der Waals surface area contributed by atoms with Crippen LogP contribution in [0.4, 0.5) is 0 Å². The number of nitrogens with zero attached hydrogens (tertiary/aromatic N) is 2. The van der Waals surface area contributed by atoms with E-state index in [9.17, 15) is 19.5 Å². The monoisotopic (exact) mass is 600 g/mol. The highest BCUT2D eigenvalue weighted by atomic mass is 35.5. The van der Waals surface area contributed by atoms with Crippen LogP contribution in [0.2, 0.25) is 0 Å². The summed E-state index contributed by atoms with van der Waals surface area (Å²) >= 11 is 6.86. The fourth-order valence-corrected chi connectivity index (χ4v) is 6.35. The lowest BCUT2D eigenvalue weighted by Crippen LogP contribution is -2.56. The molecule has 4 aliphatic rings. The molecule has 0 unspecified atom stereocenters. The van der Waals surface area contributed by atoms with Crippen LogP contribution < -0.4 is 9.47 Å². The maximum absolute atomic E-state index is 14.3. The van der Waals surface area contributed by atoms with Crippen molar-refractivity contribution in [3.05, 3.63) is 58.2 Å². The molecule has 2 amide bonds. The molecule has 1 aromatic carbocycles. The number of carboxylic acids is 1. The van der Waals surface area contributed by atoms with Gasteiger partial charge >= 0.3 is 5.97 Å².